The summed E-state index contributed by atoms with van der Waals surface area (Å²) in [5, 5.41) is 4.43. The van der Waals surface area contributed by atoms with E-state index in [0.29, 0.717) is 13.1 Å². The van der Waals surface area contributed by atoms with Gasteiger partial charge in [-0.1, -0.05) is 29.8 Å². The number of hydrogen-bond donors (Lipinski definition) is 0. The summed E-state index contributed by atoms with van der Waals surface area (Å²) < 4.78 is 1.91. The Morgan fingerprint density at radius 3 is 2.38 bits per heavy atom. The van der Waals surface area contributed by atoms with E-state index in [4.69, 9.17) is 0 Å². The fourth-order valence-corrected chi connectivity index (χ4v) is 2.63. The number of aryl methyl sites for hydroxylation is 3. The molecule has 0 fully saturated rings. The topological polar surface area (TPSA) is 41.4 Å². The van der Waals surface area contributed by atoms with Crippen LogP contribution < -0.4 is 0 Å². The smallest absolute Gasteiger partial charge is 0.236 e. The van der Waals surface area contributed by atoms with E-state index in [0.717, 1.165) is 24.3 Å². The van der Waals surface area contributed by atoms with E-state index in [2.05, 4.69) is 43.2 Å². The molecule has 0 saturated carbocycles. The Labute approximate surface area is 144 Å². The van der Waals surface area contributed by atoms with Crippen LogP contribution in [0.3, 0.4) is 0 Å². The average Bonchev–Trinajstić information content (AvgIpc) is 2.89. The van der Waals surface area contributed by atoms with Gasteiger partial charge in [-0.3, -0.25) is 14.4 Å². The molecule has 1 aromatic heterocycles. The largest absolute Gasteiger partial charge is 0.340 e. The Balaban J connectivity index is 1.88. The Morgan fingerprint density at radius 1 is 1.12 bits per heavy atom. The SMILES string of the molecule is CCn1cc(CN(C)C(=O)CN(C)Cc2ccc(C)cc2)c(C)n1. The van der Waals surface area contributed by atoms with Gasteiger partial charge in [-0.05, 0) is 33.4 Å². The predicted octanol–water partition coefficient (Wildman–Crippen LogP) is 2.61. The molecule has 1 amide bonds. The molecule has 24 heavy (non-hydrogen) atoms. The lowest BCUT2D eigenvalue weighted by molar-refractivity contribution is -0.131. The van der Waals surface area contributed by atoms with Crippen molar-refractivity contribution in [2.24, 2.45) is 0 Å². The summed E-state index contributed by atoms with van der Waals surface area (Å²) in [6.45, 7) is 8.75. The molecule has 1 aromatic carbocycles. The van der Waals surface area contributed by atoms with Gasteiger partial charge in [0.25, 0.3) is 0 Å². The van der Waals surface area contributed by atoms with Gasteiger partial charge in [0.05, 0.1) is 12.2 Å². The Morgan fingerprint density at radius 2 is 1.79 bits per heavy atom. The van der Waals surface area contributed by atoms with E-state index in [1.54, 1.807) is 4.90 Å². The number of amides is 1. The van der Waals surface area contributed by atoms with Crippen LogP contribution in [0.4, 0.5) is 0 Å². The zero-order chi connectivity index (χ0) is 17.7. The van der Waals surface area contributed by atoms with Gasteiger partial charge < -0.3 is 4.90 Å². The number of benzene rings is 1. The van der Waals surface area contributed by atoms with Crippen LogP contribution in [0.2, 0.25) is 0 Å². The van der Waals surface area contributed by atoms with Crippen molar-refractivity contribution in [2.45, 2.75) is 40.4 Å². The Hall–Kier alpha value is -2.14. The number of hydrogen-bond acceptors (Lipinski definition) is 3. The summed E-state index contributed by atoms with van der Waals surface area (Å²) in [5.41, 5.74) is 4.57. The molecular formula is C19H28N4O. The Kier molecular flexibility index (Phi) is 6.15. The van der Waals surface area contributed by atoms with Crippen LogP contribution in [-0.4, -0.2) is 46.1 Å². The first-order chi connectivity index (χ1) is 11.4. The third-order valence-electron chi connectivity index (χ3n) is 4.18. The first-order valence-electron chi connectivity index (χ1n) is 8.40. The van der Waals surface area contributed by atoms with Gasteiger partial charge in [0.15, 0.2) is 0 Å². The van der Waals surface area contributed by atoms with Crippen molar-refractivity contribution in [2.75, 3.05) is 20.6 Å². The maximum atomic E-state index is 12.4. The molecule has 1 heterocycles. The molecule has 0 N–H and O–H groups in total. The van der Waals surface area contributed by atoms with Crippen LogP contribution >= 0.6 is 0 Å². The van der Waals surface area contributed by atoms with E-state index in [9.17, 15) is 4.79 Å². The van der Waals surface area contributed by atoms with Gasteiger partial charge in [-0.15, -0.1) is 0 Å². The van der Waals surface area contributed by atoms with Crippen molar-refractivity contribution in [3.63, 3.8) is 0 Å². The standard InChI is InChI=1S/C19H28N4O/c1-6-23-13-18(16(3)20-23)12-22(5)19(24)14-21(4)11-17-9-7-15(2)8-10-17/h7-10,13H,6,11-12,14H2,1-5H3. The van der Waals surface area contributed by atoms with Crippen molar-refractivity contribution < 1.29 is 4.79 Å². The van der Waals surface area contributed by atoms with Crippen molar-refractivity contribution in [3.8, 4) is 0 Å². The van der Waals surface area contributed by atoms with Crippen molar-refractivity contribution in [3.05, 3.63) is 52.8 Å². The second kappa shape index (κ2) is 8.11. The number of nitrogens with zero attached hydrogens (tertiary/aromatic N) is 4. The molecule has 0 aliphatic carbocycles. The second-order valence-electron chi connectivity index (χ2n) is 6.50. The molecule has 0 spiro atoms. The molecule has 0 bridgehead atoms. The molecule has 0 aliphatic heterocycles. The lowest BCUT2D eigenvalue weighted by atomic mass is 10.1. The van der Waals surface area contributed by atoms with Crippen LogP contribution in [0.1, 0.15) is 29.3 Å². The fraction of sp³-hybridized carbons (Fsp3) is 0.474. The Bertz CT molecular complexity index is 675. The van der Waals surface area contributed by atoms with Crippen molar-refractivity contribution in [1.82, 2.24) is 19.6 Å². The third-order valence-corrected chi connectivity index (χ3v) is 4.18. The highest BCUT2D eigenvalue weighted by Gasteiger charge is 2.14. The highest BCUT2D eigenvalue weighted by atomic mass is 16.2. The zero-order valence-electron chi connectivity index (χ0n) is 15.4. The number of aromatic nitrogens is 2. The maximum Gasteiger partial charge on any atom is 0.236 e. The van der Waals surface area contributed by atoms with E-state index in [1.165, 1.54) is 11.1 Å². The summed E-state index contributed by atoms with van der Waals surface area (Å²) in [6, 6.07) is 8.43. The van der Waals surface area contributed by atoms with Gasteiger partial charge in [-0.2, -0.15) is 5.10 Å². The van der Waals surface area contributed by atoms with E-state index >= 15 is 0 Å². The number of likely N-dealkylation sites (N-methyl/N-ethyl adjacent to an activating group) is 2. The molecule has 5 nitrogen and oxygen atoms in total. The highest BCUT2D eigenvalue weighted by Crippen LogP contribution is 2.10. The fourth-order valence-electron chi connectivity index (χ4n) is 2.63. The molecule has 2 rings (SSSR count). The van der Waals surface area contributed by atoms with E-state index < -0.39 is 0 Å². The van der Waals surface area contributed by atoms with Crippen molar-refractivity contribution >= 4 is 5.91 Å². The summed E-state index contributed by atoms with van der Waals surface area (Å²) >= 11 is 0. The highest BCUT2D eigenvalue weighted by molar-refractivity contribution is 5.78. The molecule has 0 aliphatic rings. The van der Waals surface area contributed by atoms with Gasteiger partial charge in [0.2, 0.25) is 5.91 Å². The van der Waals surface area contributed by atoms with Gasteiger partial charge in [0.1, 0.15) is 0 Å². The summed E-state index contributed by atoms with van der Waals surface area (Å²) in [7, 11) is 3.83. The van der Waals surface area contributed by atoms with Crippen molar-refractivity contribution in [1.29, 1.82) is 0 Å². The maximum absolute atomic E-state index is 12.4. The molecule has 130 valence electrons. The number of carbonyl (C=O) groups excluding carboxylic acids is 1. The first kappa shape index (κ1) is 18.2. The minimum atomic E-state index is 0.119. The van der Waals surface area contributed by atoms with Crippen LogP contribution in [0, 0.1) is 13.8 Å². The quantitative estimate of drug-likeness (QED) is 0.784. The van der Waals surface area contributed by atoms with Crippen LogP contribution in [0.5, 0.6) is 0 Å². The molecule has 0 atom stereocenters. The number of carbonyl (C=O) groups is 1. The van der Waals surface area contributed by atoms with E-state index in [-0.39, 0.29) is 5.91 Å². The van der Waals surface area contributed by atoms with Gasteiger partial charge in [-0.25, -0.2) is 0 Å². The van der Waals surface area contributed by atoms with Crippen LogP contribution in [0.25, 0.3) is 0 Å². The van der Waals surface area contributed by atoms with E-state index in [1.807, 2.05) is 36.8 Å². The molecule has 0 radical (unpaired) electrons. The average molecular weight is 328 g/mol. The first-order valence-corrected chi connectivity index (χ1v) is 8.40. The monoisotopic (exact) mass is 328 g/mol. The zero-order valence-corrected chi connectivity index (χ0v) is 15.4. The lowest BCUT2D eigenvalue weighted by Crippen LogP contribution is -2.36. The minimum absolute atomic E-state index is 0.119. The summed E-state index contributed by atoms with van der Waals surface area (Å²) in [4.78, 5) is 16.3. The number of rotatable bonds is 7. The van der Waals surface area contributed by atoms with Crippen LogP contribution in [0.15, 0.2) is 30.5 Å². The second-order valence-corrected chi connectivity index (χ2v) is 6.50. The molecule has 0 unspecified atom stereocenters. The predicted molar refractivity (Wildman–Crippen MR) is 96.6 cm³/mol. The summed E-state index contributed by atoms with van der Waals surface area (Å²) in [5.74, 6) is 0.119. The molecule has 2 aromatic rings. The lowest BCUT2D eigenvalue weighted by Gasteiger charge is -2.22. The van der Waals surface area contributed by atoms with Gasteiger partial charge in [0, 0.05) is 38.4 Å². The van der Waals surface area contributed by atoms with Gasteiger partial charge >= 0.3 is 0 Å². The molecular weight excluding hydrogens is 300 g/mol. The summed E-state index contributed by atoms with van der Waals surface area (Å²) in [6.07, 6.45) is 2.02. The normalized spacial score (nSPS) is 11.1. The van der Waals surface area contributed by atoms with Crippen LogP contribution in [-0.2, 0) is 24.4 Å². The molecule has 5 heteroatoms. The third kappa shape index (κ3) is 4.93. The minimum Gasteiger partial charge on any atom is -0.340 e. The molecule has 0 saturated heterocycles.